The Morgan fingerprint density at radius 1 is 1.06 bits per heavy atom. The Labute approximate surface area is 202 Å². The van der Waals surface area contributed by atoms with Crippen LogP contribution >= 0.6 is 23.4 Å². The van der Waals surface area contributed by atoms with Crippen molar-refractivity contribution in [1.29, 1.82) is 0 Å². The van der Waals surface area contributed by atoms with Crippen LogP contribution in [0, 0.1) is 0 Å². The van der Waals surface area contributed by atoms with E-state index in [1.54, 1.807) is 16.7 Å². The highest BCUT2D eigenvalue weighted by Crippen LogP contribution is 2.22. The van der Waals surface area contributed by atoms with Crippen LogP contribution in [0.25, 0.3) is 0 Å². The van der Waals surface area contributed by atoms with E-state index in [1.165, 1.54) is 0 Å². The predicted octanol–water partition coefficient (Wildman–Crippen LogP) is 5.98. The largest absolute Gasteiger partial charge is 0.350 e. The summed E-state index contributed by atoms with van der Waals surface area (Å²) in [5.41, 5.74) is 0.822. The summed E-state index contributed by atoms with van der Waals surface area (Å²) < 4.78 is 0. The van der Waals surface area contributed by atoms with Gasteiger partial charge in [-0.2, -0.15) is 0 Å². The Morgan fingerprint density at radius 2 is 1.72 bits per heavy atom. The quantitative estimate of drug-likeness (QED) is 0.322. The molecule has 2 amide bonds. The fourth-order valence-corrected chi connectivity index (χ4v) is 4.42. The Kier molecular flexibility index (Phi) is 10.6. The van der Waals surface area contributed by atoms with Gasteiger partial charge in [-0.05, 0) is 75.6 Å². The van der Waals surface area contributed by atoms with E-state index in [4.69, 9.17) is 11.6 Å². The van der Waals surface area contributed by atoms with E-state index in [0.29, 0.717) is 19.4 Å². The Balaban J connectivity index is 2.01. The van der Waals surface area contributed by atoms with Crippen LogP contribution in [-0.2, 0) is 16.0 Å². The molecule has 1 unspecified atom stereocenters. The molecule has 0 saturated heterocycles. The third kappa shape index (κ3) is 9.25. The summed E-state index contributed by atoms with van der Waals surface area (Å²) in [6.45, 7) is 8.38. The first kappa shape index (κ1) is 26.3. The number of carbonyl (C=O) groups is 2. The molecule has 0 aliphatic heterocycles. The van der Waals surface area contributed by atoms with Gasteiger partial charge < -0.3 is 10.2 Å². The van der Waals surface area contributed by atoms with Crippen LogP contribution in [0.15, 0.2) is 59.5 Å². The highest BCUT2D eigenvalue weighted by molar-refractivity contribution is 7.99. The number of hydrogen-bond donors (Lipinski definition) is 1. The lowest BCUT2D eigenvalue weighted by Crippen LogP contribution is -2.54. The number of nitrogens with one attached hydrogen (secondary N) is 1. The average Bonchev–Trinajstić information content (AvgIpc) is 2.74. The van der Waals surface area contributed by atoms with Crippen LogP contribution < -0.4 is 5.32 Å². The zero-order chi connectivity index (χ0) is 23.6. The van der Waals surface area contributed by atoms with Gasteiger partial charge >= 0.3 is 0 Å². The number of hydrogen-bond acceptors (Lipinski definition) is 3. The minimum atomic E-state index is -0.464. The molecule has 0 radical (unpaired) electrons. The standard InChI is InChI=1S/C26H35ClN2O2S/c1-5-23(25(31)28-26(2,3)4)29(18-17-20-10-7-6-8-11-20)24(30)12-9-19-32-22-15-13-21(27)14-16-22/h6-8,10-11,13-16,23H,5,9,12,17-19H2,1-4H3,(H,28,31). The van der Waals surface area contributed by atoms with E-state index < -0.39 is 6.04 Å². The summed E-state index contributed by atoms with van der Waals surface area (Å²) in [5, 5.41) is 3.77. The van der Waals surface area contributed by atoms with Crippen LogP contribution in [0.2, 0.25) is 5.02 Å². The topological polar surface area (TPSA) is 49.4 Å². The summed E-state index contributed by atoms with van der Waals surface area (Å²) in [5.74, 6) is 0.788. The van der Waals surface area contributed by atoms with Crippen molar-refractivity contribution in [2.24, 2.45) is 0 Å². The molecule has 2 aromatic rings. The number of rotatable bonds is 11. The third-order valence-corrected chi connectivity index (χ3v) is 6.34. The molecule has 0 aromatic heterocycles. The number of carbonyl (C=O) groups excluding carboxylic acids is 2. The smallest absolute Gasteiger partial charge is 0.243 e. The summed E-state index contributed by atoms with van der Waals surface area (Å²) in [4.78, 5) is 29.1. The van der Waals surface area contributed by atoms with Gasteiger partial charge in [0.2, 0.25) is 11.8 Å². The molecule has 4 nitrogen and oxygen atoms in total. The Morgan fingerprint density at radius 3 is 2.31 bits per heavy atom. The molecule has 0 saturated carbocycles. The Hall–Kier alpha value is -1.98. The van der Waals surface area contributed by atoms with Crippen molar-refractivity contribution in [1.82, 2.24) is 10.2 Å². The second-order valence-electron chi connectivity index (χ2n) is 8.89. The minimum absolute atomic E-state index is 0.0357. The molecule has 2 aromatic carbocycles. The second kappa shape index (κ2) is 12.9. The number of nitrogens with zero attached hydrogens (tertiary/aromatic N) is 1. The maximum Gasteiger partial charge on any atom is 0.243 e. The maximum atomic E-state index is 13.2. The predicted molar refractivity (Wildman–Crippen MR) is 135 cm³/mol. The summed E-state index contributed by atoms with van der Waals surface area (Å²) in [6.07, 6.45) is 2.49. The van der Waals surface area contributed by atoms with Crippen molar-refractivity contribution in [2.75, 3.05) is 12.3 Å². The average molecular weight is 475 g/mol. The number of amides is 2. The molecule has 1 N–H and O–H groups in total. The van der Waals surface area contributed by atoms with Crippen molar-refractivity contribution in [3.8, 4) is 0 Å². The zero-order valence-corrected chi connectivity index (χ0v) is 21.1. The van der Waals surface area contributed by atoms with Gasteiger partial charge in [0.05, 0.1) is 0 Å². The summed E-state index contributed by atoms with van der Waals surface area (Å²) >= 11 is 7.65. The van der Waals surface area contributed by atoms with Crippen molar-refractivity contribution < 1.29 is 9.59 Å². The summed E-state index contributed by atoms with van der Waals surface area (Å²) in [6, 6.07) is 17.4. The van der Waals surface area contributed by atoms with Gasteiger partial charge in [0.1, 0.15) is 6.04 Å². The van der Waals surface area contributed by atoms with E-state index in [1.807, 2.05) is 70.2 Å². The molecule has 32 heavy (non-hydrogen) atoms. The Bertz CT molecular complexity index is 850. The molecule has 0 aliphatic rings. The van der Waals surface area contributed by atoms with Gasteiger partial charge in [-0.3, -0.25) is 9.59 Å². The van der Waals surface area contributed by atoms with Gasteiger partial charge in [-0.25, -0.2) is 0 Å². The van der Waals surface area contributed by atoms with Crippen molar-refractivity contribution in [3.05, 3.63) is 65.2 Å². The lowest BCUT2D eigenvalue weighted by atomic mass is 10.0. The van der Waals surface area contributed by atoms with Gasteiger partial charge in [-0.1, -0.05) is 48.9 Å². The maximum absolute atomic E-state index is 13.2. The van der Waals surface area contributed by atoms with E-state index in [9.17, 15) is 9.59 Å². The molecule has 2 rings (SSSR count). The van der Waals surface area contributed by atoms with Crippen molar-refractivity contribution in [3.63, 3.8) is 0 Å². The molecular formula is C26H35ClN2O2S. The molecule has 0 bridgehead atoms. The van der Waals surface area contributed by atoms with Crippen LogP contribution in [0.1, 0.15) is 52.5 Å². The highest BCUT2D eigenvalue weighted by Gasteiger charge is 2.29. The van der Waals surface area contributed by atoms with E-state index in [2.05, 4.69) is 17.4 Å². The minimum Gasteiger partial charge on any atom is -0.350 e. The van der Waals surface area contributed by atoms with Crippen molar-refractivity contribution >= 4 is 35.2 Å². The first-order valence-electron chi connectivity index (χ1n) is 11.2. The second-order valence-corrected chi connectivity index (χ2v) is 10.5. The first-order chi connectivity index (χ1) is 15.2. The fourth-order valence-electron chi connectivity index (χ4n) is 3.44. The third-order valence-electron chi connectivity index (χ3n) is 4.99. The normalized spacial score (nSPS) is 12.3. The number of thioether (sulfide) groups is 1. The van der Waals surface area contributed by atoms with E-state index >= 15 is 0 Å². The fraction of sp³-hybridized carbons (Fsp3) is 0.462. The first-order valence-corrected chi connectivity index (χ1v) is 12.6. The van der Waals surface area contributed by atoms with Gasteiger partial charge in [0.25, 0.3) is 0 Å². The van der Waals surface area contributed by atoms with Crippen LogP contribution in [0.4, 0.5) is 0 Å². The summed E-state index contributed by atoms with van der Waals surface area (Å²) in [7, 11) is 0. The SMILES string of the molecule is CCC(C(=O)NC(C)(C)C)N(CCc1ccccc1)C(=O)CCCSc1ccc(Cl)cc1. The molecule has 0 fully saturated rings. The lowest BCUT2D eigenvalue weighted by molar-refractivity contribution is -0.141. The van der Waals surface area contributed by atoms with Crippen molar-refractivity contribution in [2.45, 2.75) is 69.9 Å². The van der Waals surface area contributed by atoms with Gasteiger partial charge in [0, 0.05) is 28.4 Å². The molecule has 0 heterocycles. The molecule has 0 spiro atoms. The molecule has 0 aliphatic carbocycles. The van der Waals surface area contributed by atoms with Crippen LogP contribution in [0.5, 0.6) is 0 Å². The monoisotopic (exact) mass is 474 g/mol. The molecule has 174 valence electrons. The lowest BCUT2D eigenvalue weighted by Gasteiger charge is -2.33. The zero-order valence-electron chi connectivity index (χ0n) is 19.6. The molecule has 6 heteroatoms. The van der Waals surface area contributed by atoms with E-state index in [0.717, 1.165) is 34.1 Å². The van der Waals surface area contributed by atoms with Crippen LogP contribution in [-0.4, -0.2) is 40.6 Å². The number of benzene rings is 2. The van der Waals surface area contributed by atoms with Gasteiger partial charge in [0.15, 0.2) is 0 Å². The molecule has 1 atom stereocenters. The van der Waals surface area contributed by atoms with Crippen LogP contribution in [0.3, 0.4) is 0 Å². The van der Waals surface area contributed by atoms with E-state index in [-0.39, 0.29) is 17.4 Å². The van der Waals surface area contributed by atoms with Gasteiger partial charge in [-0.15, -0.1) is 11.8 Å². The molecular weight excluding hydrogens is 440 g/mol. The number of halogens is 1. The highest BCUT2D eigenvalue weighted by atomic mass is 35.5.